The third kappa shape index (κ3) is 5.72. The Morgan fingerprint density at radius 3 is 2.61 bits per heavy atom. The number of benzene rings is 1. The molecule has 0 saturated carbocycles. The molecule has 2 unspecified atom stereocenters. The van der Waals surface area contributed by atoms with Gasteiger partial charge in [0.2, 0.25) is 5.91 Å². The van der Waals surface area contributed by atoms with Gasteiger partial charge < -0.3 is 19.6 Å². The highest BCUT2D eigenvalue weighted by atomic mass is 35.5. The van der Waals surface area contributed by atoms with Crippen molar-refractivity contribution < 1.29 is 24.2 Å². The van der Waals surface area contributed by atoms with Gasteiger partial charge in [-0.2, -0.15) is 0 Å². The molecule has 2 amide bonds. The maximum absolute atomic E-state index is 14.7. The van der Waals surface area contributed by atoms with Crippen molar-refractivity contribution in [1.82, 2.24) is 4.90 Å². The summed E-state index contributed by atoms with van der Waals surface area (Å²) < 4.78 is 4.42. The summed E-state index contributed by atoms with van der Waals surface area (Å²) in [6.45, 7) is 13.9. The second-order valence-electron chi connectivity index (χ2n) is 12.1. The first kappa shape index (κ1) is 31.6. The lowest BCUT2D eigenvalue weighted by Gasteiger charge is -2.40. The van der Waals surface area contributed by atoms with Crippen molar-refractivity contribution in [3.05, 3.63) is 54.6 Å². The van der Waals surface area contributed by atoms with Crippen LogP contribution >= 0.6 is 23.4 Å². The summed E-state index contributed by atoms with van der Waals surface area (Å²) in [7, 11) is 0. The molecule has 3 aliphatic rings. The Labute approximate surface area is 253 Å². The fourth-order valence-electron chi connectivity index (χ4n) is 7.12. The van der Waals surface area contributed by atoms with Crippen molar-refractivity contribution in [3.63, 3.8) is 0 Å². The zero-order valence-corrected chi connectivity index (χ0v) is 26.0. The number of thioether (sulfide) groups is 1. The van der Waals surface area contributed by atoms with Crippen LogP contribution in [-0.4, -0.2) is 69.1 Å². The van der Waals surface area contributed by atoms with Crippen LogP contribution < -0.4 is 4.90 Å². The van der Waals surface area contributed by atoms with Gasteiger partial charge in [0.05, 0.1) is 46.5 Å². The number of aliphatic hydroxyl groups excluding tert-OH is 1. The molecule has 6 atom stereocenters. The molecule has 3 saturated heterocycles. The van der Waals surface area contributed by atoms with Crippen LogP contribution in [0.25, 0.3) is 0 Å². The topological polar surface area (TPSA) is 87.1 Å². The molecule has 2 bridgehead atoms. The van der Waals surface area contributed by atoms with E-state index in [1.807, 2.05) is 32.9 Å². The first-order valence-corrected chi connectivity index (χ1v) is 15.8. The zero-order valence-electron chi connectivity index (χ0n) is 24.4. The number of allylic oxidation sites excluding steroid dienone is 1. The first-order chi connectivity index (χ1) is 19.6. The summed E-state index contributed by atoms with van der Waals surface area (Å²) in [4.78, 5) is 46.1. The Balaban J connectivity index is 1.77. The van der Waals surface area contributed by atoms with E-state index in [4.69, 9.17) is 16.3 Å². The third-order valence-electron chi connectivity index (χ3n) is 8.82. The summed E-state index contributed by atoms with van der Waals surface area (Å²) in [5.41, 5.74) is 0.537. The lowest BCUT2D eigenvalue weighted by molar-refractivity contribution is -0.156. The number of anilines is 1. The SMILES string of the molecule is C=CCCCCOC(=O)[C@H]1[C@H]2C(=O)N([C@@H](CO)CC(C)C)C(C(=O)N(CC=C)c3ccccc3Cl)C23CC[C@]1(C)S3. The van der Waals surface area contributed by atoms with Gasteiger partial charge in [-0.3, -0.25) is 14.4 Å². The van der Waals surface area contributed by atoms with E-state index in [0.29, 0.717) is 30.0 Å². The van der Waals surface area contributed by atoms with Crippen LogP contribution in [0.2, 0.25) is 5.02 Å². The molecular weight excluding hydrogens is 560 g/mol. The number of hydrogen-bond acceptors (Lipinski definition) is 6. The van der Waals surface area contributed by atoms with E-state index >= 15 is 0 Å². The number of halogens is 1. The van der Waals surface area contributed by atoms with Gasteiger partial charge in [-0.1, -0.05) is 49.7 Å². The van der Waals surface area contributed by atoms with E-state index in [1.54, 1.807) is 45.8 Å². The Hall–Kier alpha value is -2.29. The smallest absolute Gasteiger partial charge is 0.311 e. The number of amides is 2. The van der Waals surface area contributed by atoms with E-state index < -0.39 is 33.4 Å². The number of likely N-dealkylation sites (tertiary alicyclic amines) is 1. The quantitative estimate of drug-likeness (QED) is 0.168. The van der Waals surface area contributed by atoms with Crippen molar-refractivity contribution in [1.29, 1.82) is 0 Å². The molecule has 0 aliphatic carbocycles. The number of aliphatic hydroxyl groups is 1. The molecule has 9 heteroatoms. The number of nitrogens with zero attached hydrogens (tertiary/aromatic N) is 2. The van der Waals surface area contributed by atoms with Gasteiger partial charge in [0.15, 0.2) is 0 Å². The second-order valence-corrected chi connectivity index (χ2v) is 14.4. The first-order valence-electron chi connectivity index (χ1n) is 14.6. The molecular formula is C32H43ClN2O5S. The van der Waals surface area contributed by atoms with Gasteiger partial charge in [-0.25, -0.2) is 0 Å². The standard InChI is InChI=1S/C32H43ClN2O5S/c1-6-8-9-12-18-40-30(39)26-25-28(37)35(22(20-36)19-21(3)4)27(32(25)16-15-31(26,5)41-32)29(38)34(17-7-2)24-14-11-10-13-23(24)33/h6-7,10-11,13-14,21-22,25-27,36H,1-2,8-9,12,15-20H2,3-5H3/t22-,25+,26-,27?,31+,32?/m1/s1. The minimum absolute atomic E-state index is 0.180. The van der Waals surface area contributed by atoms with E-state index in [0.717, 1.165) is 19.3 Å². The number of carbonyl (C=O) groups excluding carboxylic acids is 3. The number of unbranched alkanes of at least 4 members (excludes halogenated alkanes) is 2. The van der Waals surface area contributed by atoms with Crippen LogP contribution in [0.3, 0.4) is 0 Å². The molecule has 224 valence electrons. The van der Waals surface area contributed by atoms with E-state index in [1.165, 1.54) is 0 Å². The fraction of sp³-hybridized carbons (Fsp3) is 0.594. The molecule has 3 fully saturated rings. The molecule has 1 N–H and O–H groups in total. The van der Waals surface area contributed by atoms with E-state index in [9.17, 15) is 19.5 Å². The van der Waals surface area contributed by atoms with Crippen molar-refractivity contribution in [2.45, 2.75) is 80.9 Å². The zero-order chi connectivity index (χ0) is 29.9. The Morgan fingerprint density at radius 2 is 1.98 bits per heavy atom. The highest BCUT2D eigenvalue weighted by molar-refractivity contribution is 8.02. The van der Waals surface area contributed by atoms with Crippen LogP contribution in [-0.2, 0) is 19.1 Å². The summed E-state index contributed by atoms with van der Waals surface area (Å²) in [5, 5.41) is 11.0. The third-order valence-corrected chi connectivity index (χ3v) is 11.1. The Morgan fingerprint density at radius 1 is 1.24 bits per heavy atom. The normalized spacial score (nSPS) is 29.0. The largest absolute Gasteiger partial charge is 0.465 e. The average Bonchev–Trinajstić information content (AvgIpc) is 3.51. The van der Waals surface area contributed by atoms with Crippen molar-refractivity contribution >= 4 is 46.8 Å². The summed E-state index contributed by atoms with van der Waals surface area (Å²) in [6.07, 6.45) is 7.77. The van der Waals surface area contributed by atoms with Crippen LogP contribution in [0.4, 0.5) is 5.69 Å². The van der Waals surface area contributed by atoms with Crippen LogP contribution in [0.5, 0.6) is 0 Å². The summed E-state index contributed by atoms with van der Waals surface area (Å²) in [6, 6.07) is 5.70. The lowest BCUT2D eigenvalue weighted by Crippen LogP contribution is -2.58. The number of carbonyl (C=O) groups is 3. The number of para-hydroxylation sites is 1. The van der Waals surface area contributed by atoms with Gasteiger partial charge in [0, 0.05) is 11.3 Å². The molecule has 1 spiro atoms. The Bertz CT molecular complexity index is 1180. The summed E-state index contributed by atoms with van der Waals surface area (Å²) in [5.74, 6) is -2.08. The molecule has 4 rings (SSSR count). The number of rotatable bonds is 14. The number of hydrogen-bond donors (Lipinski definition) is 1. The number of ether oxygens (including phenoxy) is 1. The second kappa shape index (κ2) is 12.9. The van der Waals surface area contributed by atoms with Gasteiger partial charge >= 0.3 is 5.97 Å². The van der Waals surface area contributed by atoms with Gasteiger partial charge in [-0.05, 0) is 63.5 Å². The van der Waals surface area contributed by atoms with E-state index in [2.05, 4.69) is 13.2 Å². The average molecular weight is 603 g/mol. The molecule has 7 nitrogen and oxygen atoms in total. The maximum Gasteiger partial charge on any atom is 0.311 e. The van der Waals surface area contributed by atoms with Crippen LogP contribution in [0.15, 0.2) is 49.6 Å². The minimum Gasteiger partial charge on any atom is -0.465 e. The predicted molar refractivity (Wildman–Crippen MR) is 165 cm³/mol. The predicted octanol–water partition coefficient (Wildman–Crippen LogP) is 5.65. The monoisotopic (exact) mass is 602 g/mol. The molecule has 1 aromatic carbocycles. The van der Waals surface area contributed by atoms with Crippen molar-refractivity contribution in [2.75, 3.05) is 24.7 Å². The lowest BCUT2D eigenvalue weighted by atomic mass is 9.66. The van der Waals surface area contributed by atoms with Crippen molar-refractivity contribution in [2.24, 2.45) is 17.8 Å². The van der Waals surface area contributed by atoms with Gasteiger partial charge in [-0.15, -0.1) is 24.9 Å². The molecule has 3 aliphatic heterocycles. The molecule has 1 aromatic rings. The molecule has 3 heterocycles. The summed E-state index contributed by atoms with van der Waals surface area (Å²) >= 11 is 8.16. The van der Waals surface area contributed by atoms with Crippen LogP contribution in [0.1, 0.15) is 59.3 Å². The van der Waals surface area contributed by atoms with Crippen LogP contribution in [0, 0.1) is 17.8 Å². The molecule has 0 radical (unpaired) electrons. The van der Waals surface area contributed by atoms with Gasteiger partial charge in [0.1, 0.15) is 6.04 Å². The van der Waals surface area contributed by atoms with Crippen molar-refractivity contribution in [3.8, 4) is 0 Å². The molecule has 0 aromatic heterocycles. The number of fused-ring (bicyclic) bond motifs is 1. The number of esters is 1. The minimum atomic E-state index is -0.871. The fourth-order valence-corrected chi connectivity index (χ4v) is 9.69. The van der Waals surface area contributed by atoms with E-state index in [-0.39, 0.29) is 43.5 Å². The Kier molecular flexibility index (Phi) is 9.97. The van der Waals surface area contributed by atoms with Gasteiger partial charge in [0.25, 0.3) is 5.91 Å². The maximum atomic E-state index is 14.7. The highest BCUT2D eigenvalue weighted by Crippen LogP contribution is 2.72. The highest BCUT2D eigenvalue weighted by Gasteiger charge is 2.78. The molecule has 41 heavy (non-hydrogen) atoms.